The van der Waals surface area contributed by atoms with Gasteiger partial charge in [0.25, 0.3) is 15.9 Å². The number of carbonyl (C=O) groups is 1. The van der Waals surface area contributed by atoms with Gasteiger partial charge in [0.15, 0.2) is 6.61 Å². The number of likely N-dealkylation sites (tertiary alicyclic amines) is 1. The van der Waals surface area contributed by atoms with E-state index >= 15 is 0 Å². The number of rotatable bonds is 7. The van der Waals surface area contributed by atoms with Crippen LogP contribution in [0.4, 0.5) is 5.69 Å². The number of hydrogen-bond donors (Lipinski definition) is 1. The second kappa shape index (κ2) is 8.95. The van der Waals surface area contributed by atoms with Crippen LogP contribution in [0.15, 0.2) is 57.8 Å². The average Bonchev–Trinajstić information content (AvgIpc) is 3.11. The van der Waals surface area contributed by atoms with Crippen molar-refractivity contribution in [3.8, 4) is 11.5 Å². The van der Waals surface area contributed by atoms with E-state index in [9.17, 15) is 13.2 Å². The summed E-state index contributed by atoms with van der Waals surface area (Å²) >= 11 is 0. The highest BCUT2D eigenvalue weighted by atomic mass is 32.2. The summed E-state index contributed by atoms with van der Waals surface area (Å²) in [6.45, 7) is 0.629. The van der Waals surface area contributed by atoms with Crippen molar-refractivity contribution in [2.75, 3.05) is 32.6 Å². The molecule has 1 fully saturated rings. The Balaban J connectivity index is 1.57. The van der Waals surface area contributed by atoms with E-state index in [2.05, 4.69) is 9.71 Å². The van der Waals surface area contributed by atoms with Crippen LogP contribution in [0, 0.1) is 0 Å². The lowest BCUT2D eigenvalue weighted by Gasteiger charge is -2.11. The molecule has 0 unspecified atom stereocenters. The lowest BCUT2D eigenvalue weighted by Crippen LogP contribution is -2.20. The van der Waals surface area contributed by atoms with Crippen LogP contribution >= 0.6 is 0 Å². The Morgan fingerprint density at radius 1 is 1.10 bits per heavy atom. The van der Waals surface area contributed by atoms with Crippen LogP contribution in [-0.4, -0.2) is 52.4 Å². The van der Waals surface area contributed by atoms with Gasteiger partial charge in [0.2, 0.25) is 0 Å². The first-order chi connectivity index (χ1) is 13.9. The number of benzene rings is 2. The Kier molecular flexibility index (Phi) is 6.38. The molecule has 2 aromatic carbocycles. The van der Waals surface area contributed by atoms with Gasteiger partial charge in [-0.05, 0) is 55.0 Å². The molecule has 8 nitrogen and oxygen atoms in total. The number of nitrogens with one attached hydrogen (secondary N) is 1. The molecule has 0 aliphatic carbocycles. The van der Waals surface area contributed by atoms with Crippen molar-refractivity contribution in [3.05, 3.63) is 48.5 Å². The summed E-state index contributed by atoms with van der Waals surface area (Å²) in [5, 5.41) is 2.67. The summed E-state index contributed by atoms with van der Waals surface area (Å²) in [5.74, 6) is 1.45. The van der Waals surface area contributed by atoms with Crippen LogP contribution < -0.4 is 14.8 Å². The van der Waals surface area contributed by atoms with Gasteiger partial charge in [-0.3, -0.25) is 4.79 Å². The molecule has 1 saturated heterocycles. The lowest BCUT2D eigenvalue weighted by atomic mass is 10.3. The summed E-state index contributed by atoms with van der Waals surface area (Å²) in [7, 11) is -0.378. The van der Waals surface area contributed by atoms with Crippen molar-refractivity contribution < 1.29 is 22.7 Å². The standard InChI is InChI=1S/C20H23N3O5S/c1-23-13-3-4-19(23)22-29(25,26)18-11-5-15(6-12-18)21-20(24)14-28-17-9-7-16(27-2)8-10-17/h5-12H,3-4,13-14H2,1-2H3,(H,21,24)/b22-19+. The first kappa shape index (κ1) is 20.7. The molecule has 0 atom stereocenters. The van der Waals surface area contributed by atoms with E-state index in [-0.39, 0.29) is 17.4 Å². The molecule has 0 aromatic heterocycles. The minimum absolute atomic E-state index is 0.0813. The summed E-state index contributed by atoms with van der Waals surface area (Å²) in [6.07, 6.45) is 1.55. The van der Waals surface area contributed by atoms with Crippen LogP contribution in [0.25, 0.3) is 0 Å². The van der Waals surface area contributed by atoms with E-state index in [1.165, 1.54) is 24.3 Å². The predicted molar refractivity (Wildman–Crippen MR) is 110 cm³/mol. The Hall–Kier alpha value is -3.07. The highest BCUT2D eigenvalue weighted by Crippen LogP contribution is 2.20. The van der Waals surface area contributed by atoms with E-state index < -0.39 is 10.0 Å². The first-order valence-corrected chi connectivity index (χ1v) is 10.5. The SMILES string of the molecule is COc1ccc(OCC(=O)Nc2ccc(S(=O)(=O)/N=C3\CCCN3C)cc2)cc1. The molecule has 0 saturated carbocycles. The molecule has 9 heteroatoms. The van der Waals surface area contributed by atoms with Crippen LogP contribution in [0.3, 0.4) is 0 Å². The molecule has 1 N–H and O–H groups in total. The lowest BCUT2D eigenvalue weighted by molar-refractivity contribution is -0.118. The van der Waals surface area contributed by atoms with Gasteiger partial charge in [0.05, 0.1) is 12.0 Å². The fourth-order valence-corrected chi connectivity index (χ4v) is 3.92. The van der Waals surface area contributed by atoms with Crippen LogP contribution in [0.5, 0.6) is 11.5 Å². The van der Waals surface area contributed by atoms with Gasteiger partial charge in [-0.15, -0.1) is 4.40 Å². The number of amides is 1. The van der Waals surface area contributed by atoms with Gasteiger partial charge in [-0.1, -0.05) is 0 Å². The van der Waals surface area contributed by atoms with Crippen molar-refractivity contribution in [3.63, 3.8) is 0 Å². The van der Waals surface area contributed by atoms with Crippen LogP contribution in [0.2, 0.25) is 0 Å². The number of carbonyl (C=O) groups excluding carboxylic acids is 1. The molecule has 2 aromatic rings. The van der Waals surface area contributed by atoms with Gasteiger partial charge >= 0.3 is 0 Å². The quantitative estimate of drug-likeness (QED) is 0.744. The maximum absolute atomic E-state index is 12.4. The van der Waals surface area contributed by atoms with Crippen molar-refractivity contribution in [1.82, 2.24) is 4.90 Å². The average molecular weight is 417 g/mol. The number of anilines is 1. The minimum atomic E-state index is -3.78. The van der Waals surface area contributed by atoms with Crippen molar-refractivity contribution in [2.45, 2.75) is 17.7 Å². The summed E-state index contributed by atoms with van der Waals surface area (Å²) in [4.78, 5) is 14.0. The highest BCUT2D eigenvalue weighted by Gasteiger charge is 2.20. The molecular weight excluding hydrogens is 394 g/mol. The van der Waals surface area contributed by atoms with E-state index in [0.29, 0.717) is 29.4 Å². The highest BCUT2D eigenvalue weighted by molar-refractivity contribution is 7.90. The van der Waals surface area contributed by atoms with E-state index in [0.717, 1.165) is 13.0 Å². The normalized spacial score (nSPS) is 15.4. The third-order valence-electron chi connectivity index (χ3n) is 4.43. The third kappa shape index (κ3) is 5.47. The zero-order valence-electron chi connectivity index (χ0n) is 16.3. The number of hydrogen-bond acceptors (Lipinski definition) is 5. The van der Waals surface area contributed by atoms with E-state index in [4.69, 9.17) is 9.47 Å². The summed E-state index contributed by atoms with van der Waals surface area (Å²) < 4.78 is 39.3. The number of ether oxygens (including phenoxy) is 2. The largest absolute Gasteiger partial charge is 0.497 e. The monoisotopic (exact) mass is 417 g/mol. The zero-order valence-corrected chi connectivity index (χ0v) is 17.1. The Morgan fingerprint density at radius 3 is 2.34 bits per heavy atom. The van der Waals surface area contributed by atoms with Crippen LogP contribution in [-0.2, 0) is 14.8 Å². The molecule has 1 amide bonds. The molecule has 154 valence electrons. The molecule has 29 heavy (non-hydrogen) atoms. The molecule has 1 aliphatic rings. The smallest absolute Gasteiger partial charge is 0.283 e. The number of amidine groups is 1. The summed E-state index contributed by atoms with van der Waals surface area (Å²) in [5.41, 5.74) is 0.470. The van der Waals surface area contributed by atoms with Gasteiger partial charge in [-0.25, -0.2) is 0 Å². The molecular formula is C20H23N3O5S. The first-order valence-electron chi connectivity index (χ1n) is 9.09. The fourth-order valence-electron chi connectivity index (χ4n) is 2.83. The molecule has 1 heterocycles. The molecule has 0 bridgehead atoms. The molecule has 3 rings (SSSR count). The Morgan fingerprint density at radius 2 is 1.76 bits per heavy atom. The number of nitrogens with zero attached hydrogens (tertiary/aromatic N) is 2. The number of sulfonamides is 1. The number of methoxy groups -OCH3 is 1. The van der Waals surface area contributed by atoms with Crippen LogP contribution in [0.1, 0.15) is 12.8 Å². The molecule has 1 aliphatic heterocycles. The van der Waals surface area contributed by atoms with Gasteiger partial charge in [0.1, 0.15) is 17.3 Å². The zero-order chi connectivity index (χ0) is 20.9. The molecule has 0 radical (unpaired) electrons. The van der Waals surface area contributed by atoms with Gasteiger partial charge < -0.3 is 19.7 Å². The maximum Gasteiger partial charge on any atom is 0.283 e. The second-order valence-corrected chi connectivity index (χ2v) is 8.15. The van der Waals surface area contributed by atoms with Gasteiger partial charge in [-0.2, -0.15) is 8.42 Å². The van der Waals surface area contributed by atoms with Crippen molar-refractivity contribution >= 4 is 27.5 Å². The Bertz CT molecular complexity index is 986. The van der Waals surface area contributed by atoms with E-state index in [1.54, 1.807) is 31.4 Å². The Labute approximate surface area is 170 Å². The predicted octanol–water partition coefficient (Wildman–Crippen LogP) is 2.53. The van der Waals surface area contributed by atoms with Crippen molar-refractivity contribution in [1.29, 1.82) is 0 Å². The third-order valence-corrected chi connectivity index (χ3v) is 5.74. The summed E-state index contributed by atoms with van der Waals surface area (Å²) in [6, 6.07) is 12.8. The fraction of sp³-hybridized carbons (Fsp3) is 0.300. The van der Waals surface area contributed by atoms with Gasteiger partial charge in [0, 0.05) is 25.7 Å². The van der Waals surface area contributed by atoms with Crippen molar-refractivity contribution in [2.24, 2.45) is 4.40 Å². The minimum Gasteiger partial charge on any atom is -0.497 e. The molecule has 0 spiro atoms. The topological polar surface area (TPSA) is 97.3 Å². The maximum atomic E-state index is 12.4. The second-order valence-electron chi connectivity index (χ2n) is 6.54. The van der Waals surface area contributed by atoms with E-state index in [1.807, 2.05) is 11.9 Å².